The van der Waals surface area contributed by atoms with Crippen molar-refractivity contribution in [3.63, 3.8) is 0 Å². The lowest BCUT2D eigenvalue weighted by Gasteiger charge is -2.05. The van der Waals surface area contributed by atoms with Crippen LogP contribution in [0.4, 0.5) is 0 Å². The monoisotopic (exact) mass is 303 g/mol. The van der Waals surface area contributed by atoms with Crippen molar-refractivity contribution < 1.29 is 0 Å². The minimum atomic E-state index is 0.443. The molecule has 1 saturated carbocycles. The summed E-state index contributed by atoms with van der Waals surface area (Å²) in [4.78, 5) is 1.41. The number of aromatic nitrogens is 2. The van der Waals surface area contributed by atoms with E-state index in [9.17, 15) is 0 Å². The molecule has 104 valence electrons. The van der Waals surface area contributed by atoms with Crippen LogP contribution in [0.3, 0.4) is 0 Å². The summed E-state index contributed by atoms with van der Waals surface area (Å²) in [6, 6.07) is 9.46. The molecule has 2 aliphatic rings. The van der Waals surface area contributed by atoms with Gasteiger partial charge in [0, 0.05) is 35.6 Å². The van der Waals surface area contributed by atoms with Crippen LogP contribution in [0.15, 0.2) is 29.2 Å². The Labute approximate surface area is 127 Å². The molecule has 0 radical (unpaired) electrons. The maximum atomic E-state index is 4.44. The molecule has 0 saturated heterocycles. The summed E-state index contributed by atoms with van der Waals surface area (Å²) in [5, 5.41) is 14.7. The molecule has 1 aliphatic heterocycles. The molecule has 3 nitrogen and oxygen atoms in total. The van der Waals surface area contributed by atoms with Gasteiger partial charge in [0.15, 0.2) is 0 Å². The topological polar surface area (TPSA) is 37.8 Å². The Morgan fingerprint density at radius 3 is 3.00 bits per heavy atom. The largest absolute Gasteiger partial charge is 0.314 e. The van der Waals surface area contributed by atoms with Crippen molar-refractivity contribution in [2.24, 2.45) is 0 Å². The quantitative estimate of drug-likeness (QED) is 0.921. The summed E-state index contributed by atoms with van der Waals surface area (Å²) in [5.74, 6) is 1.55. The van der Waals surface area contributed by atoms with Crippen molar-refractivity contribution in [3.8, 4) is 0 Å². The van der Waals surface area contributed by atoms with E-state index in [-0.39, 0.29) is 0 Å². The van der Waals surface area contributed by atoms with Gasteiger partial charge in [-0.2, -0.15) is 0 Å². The lowest BCUT2D eigenvalue weighted by atomic mass is 10.0. The average Bonchev–Trinajstić information content (AvgIpc) is 3.01. The second-order valence-electron chi connectivity index (χ2n) is 5.41. The van der Waals surface area contributed by atoms with E-state index >= 15 is 0 Å². The van der Waals surface area contributed by atoms with Gasteiger partial charge in [0.05, 0.1) is 0 Å². The van der Waals surface area contributed by atoms with Crippen molar-refractivity contribution in [1.82, 2.24) is 15.5 Å². The van der Waals surface area contributed by atoms with E-state index in [1.807, 2.05) is 11.8 Å². The Balaban J connectivity index is 1.45. The molecule has 0 spiro atoms. The van der Waals surface area contributed by atoms with E-state index in [1.165, 1.54) is 33.3 Å². The van der Waals surface area contributed by atoms with Gasteiger partial charge < -0.3 is 5.32 Å². The van der Waals surface area contributed by atoms with Crippen molar-refractivity contribution in [2.45, 2.75) is 36.1 Å². The molecular formula is C15H17N3S2. The zero-order valence-corrected chi connectivity index (χ0v) is 12.8. The molecule has 20 heavy (non-hydrogen) atoms. The highest BCUT2D eigenvalue weighted by atomic mass is 32.2. The third-order valence-corrected chi connectivity index (χ3v) is 6.11. The highest BCUT2D eigenvalue weighted by molar-refractivity contribution is 7.99. The van der Waals surface area contributed by atoms with Crippen LogP contribution >= 0.6 is 23.1 Å². The molecular weight excluding hydrogens is 286 g/mol. The zero-order chi connectivity index (χ0) is 13.4. The van der Waals surface area contributed by atoms with Crippen molar-refractivity contribution in [1.29, 1.82) is 0 Å². The van der Waals surface area contributed by atoms with Crippen LogP contribution < -0.4 is 5.32 Å². The Morgan fingerprint density at radius 2 is 2.10 bits per heavy atom. The molecule has 1 aromatic carbocycles. The highest BCUT2D eigenvalue weighted by Gasteiger charge is 2.27. The number of rotatable bonds is 5. The molecule has 2 heterocycles. The molecule has 1 unspecified atom stereocenters. The average molecular weight is 303 g/mol. The molecule has 1 aliphatic carbocycles. The smallest absolute Gasteiger partial charge is 0.125 e. The van der Waals surface area contributed by atoms with Gasteiger partial charge in [-0.15, -0.1) is 33.3 Å². The van der Waals surface area contributed by atoms with E-state index in [4.69, 9.17) is 0 Å². The predicted molar refractivity (Wildman–Crippen MR) is 83.6 cm³/mol. The van der Waals surface area contributed by atoms with Crippen molar-refractivity contribution in [2.75, 3.05) is 12.3 Å². The first kappa shape index (κ1) is 12.8. The molecule has 4 rings (SSSR count). The molecule has 0 bridgehead atoms. The molecule has 1 N–H and O–H groups in total. The van der Waals surface area contributed by atoms with Crippen LogP contribution in [0, 0.1) is 0 Å². The number of fused-ring (bicyclic) bond motifs is 1. The third-order valence-electron chi connectivity index (χ3n) is 3.83. The van der Waals surface area contributed by atoms with Crippen LogP contribution in [0.5, 0.6) is 0 Å². The van der Waals surface area contributed by atoms with E-state index in [0.717, 1.165) is 24.8 Å². The summed E-state index contributed by atoms with van der Waals surface area (Å²) >= 11 is 3.73. The van der Waals surface area contributed by atoms with Gasteiger partial charge in [-0.25, -0.2) is 0 Å². The van der Waals surface area contributed by atoms with Gasteiger partial charge in [0.25, 0.3) is 0 Å². The molecule has 2 aromatic rings. The lowest BCUT2D eigenvalue weighted by molar-refractivity contribution is 0.677. The van der Waals surface area contributed by atoms with Gasteiger partial charge in [0.2, 0.25) is 0 Å². The van der Waals surface area contributed by atoms with Crippen LogP contribution in [-0.4, -0.2) is 28.5 Å². The van der Waals surface area contributed by atoms with Crippen molar-refractivity contribution >= 4 is 23.1 Å². The Kier molecular flexibility index (Phi) is 3.50. The molecule has 1 aromatic heterocycles. The SMILES string of the molecule is c1ccc2c(c1)SCC2c1nnc(CCNC2CC2)s1. The maximum absolute atomic E-state index is 4.44. The number of benzene rings is 1. The first-order valence-corrected chi connectivity index (χ1v) is 8.98. The van der Waals surface area contributed by atoms with Crippen molar-refractivity contribution in [3.05, 3.63) is 39.8 Å². The molecule has 5 heteroatoms. The van der Waals surface area contributed by atoms with Gasteiger partial charge in [-0.1, -0.05) is 18.2 Å². The fourth-order valence-electron chi connectivity index (χ4n) is 2.55. The predicted octanol–water partition coefficient (Wildman–Crippen LogP) is 3.07. The first-order valence-electron chi connectivity index (χ1n) is 7.17. The van der Waals surface area contributed by atoms with E-state index in [0.29, 0.717) is 5.92 Å². The molecule has 1 fully saturated rings. The lowest BCUT2D eigenvalue weighted by Crippen LogP contribution is -2.19. The summed E-state index contributed by atoms with van der Waals surface area (Å²) in [6.45, 7) is 1.04. The molecule has 0 amide bonds. The minimum absolute atomic E-state index is 0.443. The van der Waals surface area contributed by atoms with Gasteiger partial charge in [-0.3, -0.25) is 0 Å². The zero-order valence-electron chi connectivity index (χ0n) is 11.2. The highest BCUT2D eigenvalue weighted by Crippen LogP contribution is 2.43. The fourth-order valence-corrected chi connectivity index (χ4v) is 4.85. The summed E-state index contributed by atoms with van der Waals surface area (Å²) in [7, 11) is 0. The second kappa shape index (κ2) is 5.47. The van der Waals surface area contributed by atoms with E-state index < -0.39 is 0 Å². The second-order valence-corrected chi connectivity index (χ2v) is 7.57. The van der Waals surface area contributed by atoms with Gasteiger partial charge in [-0.05, 0) is 24.5 Å². The maximum Gasteiger partial charge on any atom is 0.125 e. The van der Waals surface area contributed by atoms with E-state index in [1.54, 1.807) is 11.3 Å². The summed E-state index contributed by atoms with van der Waals surface area (Å²) in [6.07, 6.45) is 3.70. The summed E-state index contributed by atoms with van der Waals surface area (Å²) < 4.78 is 0. The summed E-state index contributed by atoms with van der Waals surface area (Å²) in [5.41, 5.74) is 1.43. The Morgan fingerprint density at radius 1 is 1.20 bits per heavy atom. The van der Waals surface area contributed by atoms with Gasteiger partial charge >= 0.3 is 0 Å². The minimum Gasteiger partial charge on any atom is -0.314 e. The van der Waals surface area contributed by atoms with E-state index in [2.05, 4.69) is 39.8 Å². The number of nitrogens with one attached hydrogen (secondary N) is 1. The normalized spacial score (nSPS) is 21.1. The van der Waals surface area contributed by atoms with Crippen LogP contribution in [0.25, 0.3) is 0 Å². The third kappa shape index (κ3) is 2.62. The number of thioether (sulfide) groups is 1. The number of hydrogen-bond donors (Lipinski definition) is 1. The van der Waals surface area contributed by atoms with Crippen LogP contribution in [0.1, 0.15) is 34.3 Å². The number of nitrogens with zero attached hydrogens (tertiary/aromatic N) is 2. The van der Waals surface area contributed by atoms with Crippen LogP contribution in [-0.2, 0) is 6.42 Å². The Hall–Kier alpha value is -0.910. The fraction of sp³-hybridized carbons (Fsp3) is 0.467. The number of hydrogen-bond acceptors (Lipinski definition) is 5. The Bertz CT molecular complexity index is 607. The van der Waals surface area contributed by atoms with Gasteiger partial charge in [0.1, 0.15) is 10.0 Å². The first-order chi connectivity index (χ1) is 9.90. The van der Waals surface area contributed by atoms with Crippen LogP contribution in [0.2, 0.25) is 0 Å². The standard InChI is InChI=1S/C15H17N3S2/c1-2-4-13-11(3-1)12(9-19-13)15-18-17-14(20-15)7-8-16-10-5-6-10/h1-4,10,12,16H,5-9H2. The molecule has 1 atom stereocenters.